The SMILES string of the molecule is COc1ccc2c(c1)c(C(=O)c1cnc(-c3cccnc3)o1)cn2Cc1ccc(Cl)cc1. The lowest BCUT2D eigenvalue weighted by Crippen LogP contribution is -2.00. The smallest absolute Gasteiger partial charge is 0.232 e. The highest BCUT2D eigenvalue weighted by molar-refractivity contribution is 6.30. The maximum absolute atomic E-state index is 13.4. The number of ketones is 1. The van der Waals surface area contributed by atoms with Gasteiger partial charge in [-0.25, -0.2) is 4.98 Å². The Bertz CT molecular complexity index is 1410. The van der Waals surface area contributed by atoms with E-state index >= 15 is 0 Å². The average molecular weight is 444 g/mol. The highest BCUT2D eigenvalue weighted by Crippen LogP contribution is 2.29. The van der Waals surface area contributed by atoms with Crippen LogP contribution in [0.4, 0.5) is 0 Å². The van der Waals surface area contributed by atoms with Gasteiger partial charge in [0, 0.05) is 41.1 Å². The van der Waals surface area contributed by atoms with Crippen LogP contribution in [0.25, 0.3) is 22.4 Å². The Morgan fingerprint density at radius 1 is 1.12 bits per heavy atom. The molecule has 0 aliphatic carbocycles. The summed E-state index contributed by atoms with van der Waals surface area (Å²) in [5.74, 6) is 0.936. The van der Waals surface area contributed by atoms with E-state index in [4.69, 9.17) is 20.8 Å². The highest BCUT2D eigenvalue weighted by atomic mass is 35.5. The lowest BCUT2D eigenvalue weighted by Gasteiger charge is -2.06. The van der Waals surface area contributed by atoms with Gasteiger partial charge >= 0.3 is 0 Å². The van der Waals surface area contributed by atoms with Gasteiger partial charge in [0.25, 0.3) is 0 Å². The van der Waals surface area contributed by atoms with Gasteiger partial charge < -0.3 is 13.7 Å². The Balaban J connectivity index is 1.56. The normalized spacial score (nSPS) is 11.1. The zero-order valence-electron chi connectivity index (χ0n) is 17.2. The van der Waals surface area contributed by atoms with Gasteiger partial charge in [0.05, 0.1) is 24.4 Å². The number of rotatable bonds is 6. The topological polar surface area (TPSA) is 70.2 Å². The number of benzene rings is 2. The number of hydrogen-bond acceptors (Lipinski definition) is 5. The van der Waals surface area contributed by atoms with E-state index in [2.05, 4.69) is 9.97 Å². The summed E-state index contributed by atoms with van der Waals surface area (Å²) in [6.45, 7) is 0.588. The first-order chi connectivity index (χ1) is 15.6. The van der Waals surface area contributed by atoms with Gasteiger partial charge in [-0.1, -0.05) is 23.7 Å². The number of aromatic nitrogens is 3. The third-order valence-corrected chi connectivity index (χ3v) is 5.49. The van der Waals surface area contributed by atoms with Gasteiger partial charge in [0.2, 0.25) is 11.7 Å². The molecule has 6 nitrogen and oxygen atoms in total. The van der Waals surface area contributed by atoms with E-state index in [0.29, 0.717) is 34.3 Å². The van der Waals surface area contributed by atoms with E-state index in [9.17, 15) is 4.79 Å². The number of pyridine rings is 1. The van der Waals surface area contributed by atoms with Gasteiger partial charge in [-0.3, -0.25) is 9.78 Å². The number of nitrogens with zero attached hydrogens (tertiary/aromatic N) is 3. The zero-order chi connectivity index (χ0) is 22.1. The van der Waals surface area contributed by atoms with Gasteiger partial charge in [-0.15, -0.1) is 0 Å². The molecule has 3 aromatic heterocycles. The lowest BCUT2D eigenvalue weighted by atomic mass is 10.1. The fourth-order valence-electron chi connectivity index (χ4n) is 3.64. The van der Waals surface area contributed by atoms with Crippen molar-refractivity contribution in [3.05, 3.63) is 101 Å². The number of oxazole rings is 1. The largest absolute Gasteiger partial charge is 0.497 e. The van der Waals surface area contributed by atoms with Crippen molar-refractivity contribution in [1.29, 1.82) is 0 Å². The van der Waals surface area contributed by atoms with Gasteiger partial charge in [-0.2, -0.15) is 0 Å². The first-order valence-corrected chi connectivity index (χ1v) is 10.3. The Morgan fingerprint density at radius 3 is 2.72 bits per heavy atom. The first-order valence-electron chi connectivity index (χ1n) is 9.94. The molecule has 32 heavy (non-hydrogen) atoms. The van der Waals surface area contributed by atoms with Crippen LogP contribution < -0.4 is 4.74 Å². The summed E-state index contributed by atoms with van der Waals surface area (Å²) in [7, 11) is 1.60. The van der Waals surface area contributed by atoms with E-state index in [1.54, 1.807) is 25.6 Å². The van der Waals surface area contributed by atoms with Crippen molar-refractivity contribution >= 4 is 28.3 Å². The lowest BCUT2D eigenvalue weighted by molar-refractivity contribution is 0.101. The summed E-state index contributed by atoms with van der Waals surface area (Å²) >= 11 is 6.02. The molecule has 0 radical (unpaired) electrons. The molecule has 0 saturated carbocycles. The number of methoxy groups -OCH3 is 1. The fraction of sp³-hybridized carbons (Fsp3) is 0.0800. The van der Waals surface area contributed by atoms with Crippen molar-refractivity contribution in [1.82, 2.24) is 14.5 Å². The van der Waals surface area contributed by atoms with Gasteiger partial charge in [0.15, 0.2) is 5.76 Å². The number of carbonyl (C=O) groups excluding carboxylic acids is 1. The van der Waals surface area contributed by atoms with E-state index in [0.717, 1.165) is 16.5 Å². The summed E-state index contributed by atoms with van der Waals surface area (Å²) in [6, 6.07) is 16.9. The van der Waals surface area contributed by atoms with Crippen molar-refractivity contribution < 1.29 is 13.9 Å². The third kappa shape index (κ3) is 3.76. The van der Waals surface area contributed by atoms with Crippen molar-refractivity contribution in [2.45, 2.75) is 6.54 Å². The zero-order valence-corrected chi connectivity index (χ0v) is 17.9. The maximum Gasteiger partial charge on any atom is 0.232 e. The van der Waals surface area contributed by atoms with Crippen molar-refractivity contribution in [3.63, 3.8) is 0 Å². The summed E-state index contributed by atoms with van der Waals surface area (Å²) in [5.41, 5.74) is 3.20. The second-order valence-electron chi connectivity index (χ2n) is 7.28. The molecular formula is C25H18ClN3O3. The molecule has 2 aromatic carbocycles. The molecule has 0 spiro atoms. The van der Waals surface area contributed by atoms with E-state index < -0.39 is 0 Å². The Hall–Kier alpha value is -3.90. The van der Waals surface area contributed by atoms with Crippen LogP contribution in [0.1, 0.15) is 21.7 Å². The van der Waals surface area contributed by atoms with Crippen LogP contribution in [0.15, 0.2) is 83.8 Å². The number of halogens is 1. The Labute approximate surface area is 189 Å². The number of hydrogen-bond donors (Lipinski definition) is 0. The quantitative estimate of drug-likeness (QED) is 0.318. The van der Waals surface area contributed by atoms with E-state index in [-0.39, 0.29) is 11.5 Å². The van der Waals surface area contributed by atoms with Gasteiger partial charge in [-0.05, 0) is 48.0 Å². The molecule has 0 saturated heterocycles. The molecular weight excluding hydrogens is 426 g/mol. The van der Waals surface area contributed by atoms with Crippen LogP contribution >= 0.6 is 11.6 Å². The molecule has 3 heterocycles. The first kappa shape index (κ1) is 20.0. The van der Waals surface area contributed by atoms with Crippen LogP contribution in [-0.2, 0) is 6.54 Å². The maximum atomic E-state index is 13.4. The number of carbonyl (C=O) groups is 1. The van der Waals surface area contributed by atoms with E-state index in [1.807, 2.05) is 59.3 Å². The predicted molar refractivity (Wildman–Crippen MR) is 122 cm³/mol. The van der Waals surface area contributed by atoms with Crippen molar-refractivity contribution in [3.8, 4) is 17.2 Å². The molecule has 5 rings (SSSR count). The Kier molecular flexibility index (Phi) is 5.21. The summed E-state index contributed by atoms with van der Waals surface area (Å²) < 4.78 is 13.2. The second kappa shape index (κ2) is 8.32. The van der Waals surface area contributed by atoms with Crippen molar-refractivity contribution in [2.24, 2.45) is 0 Å². The minimum atomic E-state index is -0.249. The van der Waals surface area contributed by atoms with Crippen LogP contribution in [0, 0.1) is 0 Å². The molecule has 158 valence electrons. The van der Waals surface area contributed by atoms with Crippen LogP contribution in [0.5, 0.6) is 5.75 Å². The fourth-order valence-corrected chi connectivity index (χ4v) is 3.76. The summed E-state index contributed by atoms with van der Waals surface area (Å²) in [5, 5.41) is 1.46. The molecule has 0 N–H and O–H groups in total. The van der Waals surface area contributed by atoms with Crippen molar-refractivity contribution in [2.75, 3.05) is 7.11 Å². The Morgan fingerprint density at radius 2 is 1.97 bits per heavy atom. The summed E-state index contributed by atoms with van der Waals surface area (Å²) in [6.07, 6.45) is 6.60. The minimum absolute atomic E-state index is 0.164. The average Bonchev–Trinajstić information content (AvgIpc) is 3.46. The molecule has 5 aromatic rings. The molecule has 0 amide bonds. The molecule has 0 fully saturated rings. The molecule has 0 aliphatic rings. The number of fused-ring (bicyclic) bond motifs is 1. The predicted octanol–water partition coefficient (Wildman–Crippen LogP) is 5.63. The van der Waals surface area contributed by atoms with Crippen LogP contribution in [0.3, 0.4) is 0 Å². The van der Waals surface area contributed by atoms with Crippen LogP contribution in [-0.4, -0.2) is 27.4 Å². The van der Waals surface area contributed by atoms with E-state index in [1.165, 1.54) is 6.20 Å². The third-order valence-electron chi connectivity index (χ3n) is 5.24. The molecule has 0 atom stereocenters. The van der Waals surface area contributed by atoms with Gasteiger partial charge in [0.1, 0.15) is 5.75 Å². The molecule has 0 aliphatic heterocycles. The molecule has 0 bridgehead atoms. The molecule has 0 unspecified atom stereocenters. The minimum Gasteiger partial charge on any atom is -0.497 e. The second-order valence-corrected chi connectivity index (χ2v) is 7.72. The molecule has 7 heteroatoms. The standard InChI is InChI=1S/C25H18ClN3O3/c1-31-19-8-9-22-20(11-19)21(15-29(22)14-16-4-6-18(26)7-5-16)24(30)23-13-28-25(32-23)17-3-2-10-27-12-17/h2-13,15H,14H2,1H3. The number of ether oxygens (including phenoxy) is 1. The summed E-state index contributed by atoms with van der Waals surface area (Å²) in [4.78, 5) is 21.7. The van der Waals surface area contributed by atoms with Crippen LogP contribution in [0.2, 0.25) is 5.02 Å². The highest BCUT2D eigenvalue weighted by Gasteiger charge is 2.21. The monoisotopic (exact) mass is 443 g/mol.